The van der Waals surface area contributed by atoms with E-state index in [1.165, 1.54) is 25.6 Å². The molecule has 0 saturated carbocycles. The molecule has 0 unspecified atom stereocenters. The standard InChI is InChI=1S/C26H22O6S.C24H18O6S/c1-29-18-8-6-17(7-9-18)26-24(21-13-12-20(30-2)14-22(21)33-26)25(28)16-4-10-19(11-5-16)32-15-23(27)31-3;1-29-21(27)13-30-18-9-4-14(5-10-18)23(28)22-19-11-8-17(26)12-20(19)31-24(22)15-2-6-16(25)7-3-15/h4-14H,15H2,1-3H3;2-12,25-26H,13H2,1H3. The Morgan fingerprint density at radius 2 is 0.844 bits per heavy atom. The maximum atomic E-state index is 13.7. The van der Waals surface area contributed by atoms with E-state index in [0.717, 1.165) is 52.6 Å². The zero-order valence-electron chi connectivity index (χ0n) is 34.9. The number of hydrogen-bond donors (Lipinski definition) is 2. The van der Waals surface area contributed by atoms with Crippen LogP contribution in [0.3, 0.4) is 0 Å². The van der Waals surface area contributed by atoms with Crippen LogP contribution in [-0.2, 0) is 19.1 Å². The molecule has 0 aliphatic carbocycles. The fourth-order valence-corrected chi connectivity index (χ4v) is 9.07. The number of ether oxygens (including phenoxy) is 6. The van der Waals surface area contributed by atoms with Gasteiger partial charge in [0.05, 0.1) is 28.4 Å². The van der Waals surface area contributed by atoms with Crippen molar-refractivity contribution in [1.29, 1.82) is 0 Å². The molecular formula is C50H40O12S2. The second-order valence-corrected chi connectivity index (χ2v) is 16.0. The molecule has 2 N–H and O–H groups in total. The molecule has 324 valence electrons. The Morgan fingerprint density at radius 1 is 0.453 bits per heavy atom. The van der Waals surface area contributed by atoms with E-state index in [9.17, 15) is 29.4 Å². The number of methoxy groups -OCH3 is 4. The summed E-state index contributed by atoms with van der Waals surface area (Å²) in [6, 6.07) is 38.1. The minimum atomic E-state index is -0.494. The van der Waals surface area contributed by atoms with Crippen molar-refractivity contribution >= 4 is 66.4 Å². The minimum absolute atomic E-state index is 0.100. The fraction of sp³-hybridized carbons (Fsp3) is 0.120. The monoisotopic (exact) mass is 896 g/mol. The van der Waals surface area contributed by atoms with Crippen LogP contribution in [0.4, 0.5) is 0 Å². The summed E-state index contributed by atoms with van der Waals surface area (Å²) in [4.78, 5) is 51.2. The van der Waals surface area contributed by atoms with Gasteiger partial charge >= 0.3 is 11.9 Å². The van der Waals surface area contributed by atoms with Gasteiger partial charge in [0.2, 0.25) is 0 Å². The Kier molecular flexibility index (Phi) is 13.9. The van der Waals surface area contributed by atoms with E-state index in [1.54, 1.807) is 117 Å². The van der Waals surface area contributed by atoms with Crippen molar-refractivity contribution in [3.05, 3.63) is 156 Å². The van der Waals surface area contributed by atoms with Gasteiger partial charge in [-0.15, -0.1) is 22.7 Å². The summed E-state index contributed by atoms with van der Waals surface area (Å²) in [5.74, 6) is 1.42. The van der Waals surface area contributed by atoms with Gasteiger partial charge in [0, 0.05) is 52.2 Å². The molecule has 0 saturated heterocycles. The first-order valence-corrected chi connectivity index (χ1v) is 21.1. The Bertz CT molecular complexity index is 2950. The highest BCUT2D eigenvalue weighted by Gasteiger charge is 2.24. The second kappa shape index (κ2) is 20.0. The van der Waals surface area contributed by atoms with Crippen molar-refractivity contribution in [3.8, 4) is 55.4 Å². The molecule has 64 heavy (non-hydrogen) atoms. The molecule has 0 atom stereocenters. The number of esters is 2. The van der Waals surface area contributed by atoms with Crippen LogP contribution in [0.15, 0.2) is 133 Å². The smallest absolute Gasteiger partial charge is 0.343 e. The number of thiophene rings is 2. The fourth-order valence-electron chi connectivity index (χ4n) is 6.60. The van der Waals surface area contributed by atoms with Gasteiger partial charge in [-0.2, -0.15) is 0 Å². The van der Waals surface area contributed by atoms with Crippen LogP contribution in [0.5, 0.6) is 34.5 Å². The molecule has 0 bridgehead atoms. The molecule has 0 amide bonds. The summed E-state index contributed by atoms with van der Waals surface area (Å²) in [5, 5.41) is 21.1. The van der Waals surface area contributed by atoms with E-state index in [4.69, 9.17) is 18.9 Å². The second-order valence-electron chi connectivity index (χ2n) is 13.9. The largest absolute Gasteiger partial charge is 0.508 e. The van der Waals surface area contributed by atoms with Gasteiger partial charge in [-0.25, -0.2) is 9.59 Å². The molecule has 2 heterocycles. The molecule has 8 aromatic rings. The lowest BCUT2D eigenvalue weighted by Gasteiger charge is -2.08. The van der Waals surface area contributed by atoms with Crippen molar-refractivity contribution in [2.24, 2.45) is 0 Å². The SMILES string of the molecule is COC(=O)COc1ccc(C(=O)c2c(-c3ccc(O)cc3)sc3cc(O)ccc23)cc1.COC(=O)COc1ccc(C(=O)c2c(-c3ccc(OC)cc3)sc3cc(OC)ccc23)cc1. The number of carbonyl (C=O) groups excluding carboxylic acids is 4. The Morgan fingerprint density at radius 3 is 1.30 bits per heavy atom. The summed E-state index contributed by atoms with van der Waals surface area (Å²) in [6.07, 6.45) is 0. The Balaban J connectivity index is 0.000000192. The Labute approximate surface area is 375 Å². The first kappa shape index (κ1) is 44.4. The van der Waals surface area contributed by atoms with E-state index in [1.807, 2.05) is 42.5 Å². The average molecular weight is 897 g/mol. The molecule has 0 aliphatic heterocycles. The van der Waals surface area contributed by atoms with Crippen molar-refractivity contribution in [3.63, 3.8) is 0 Å². The van der Waals surface area contributed by atoms with Gasteiger partial charge in [0.25, 0.3) is 0 Å². The van der Waals surface area contributed by atoms with E-state index < -0.39 is 11.9 Å². The summed E-state index contributed by atoms with van der Waals surface area (Å²) < 4.78 is 32.2. The topological polar surface area (TPSA) is 164 Å². The number of phenols is 2. The lowest BCUT2D eigenvalue weighted by Crippen LogP contribution is -2.12. The first-order chi connectivity index (χ1) is 31.0. The van der Waals surface area contributed by atoms with Crippen LogP contribution >= 0.6 is 22.7 Å². The van der Waals surface area contributed by atoms with E-state index in [-0.39, 0.29) is 36.3 Å². The predicted octanol–water partition coefficient (Wildman–Crippen LogP) is 10.1. The molecule has 8 rings (SSSR count). The molecule has 0 radical (unpaired) electrons. The maximum absolute atomic E-state index is 13.7. The number of ketones is 2. The van der Waals surface area contributed by atoms with Gasteiger partial charge in [-0.05, 0) is 145 Å². The lowest BCUT2D eigenvalue weighted by atomic mass is 9.97. The van der Waals surface area contributed by atoms with Crippen molar-refractivity contribution < 1.29 is 57.8 Å². The van der Waals surface area contributed by atoms with Crippen LogP contribution in [0.2, 0.25) is 0 Å². The third kappa shape index (κ3) is 9.99. The molecule has 0 fully saturated rings. The third-order valence-electron chi connectivity index (χ3n) is 9.91. The van der Waals surface area contributed by atoms with Gasteiger partial charge < -0.3 is 38.6 Å². The molecule has 12 nitrogen and oxygen atoms in total. The van der Waals surface area contributed by atoms with Gasteiger partial charge in [-0.3, -0.25) is 9.59 Å². The van der Waals surface area contributed by atoms with Crippen LogP contribution in [0.25, 0.3) is 41.1 Å². The quantitative estimate of drug-likeness (QED) is 0.0785. The summed E-state index contributed by atoms with van der Waals surface area (Å²) in [7, 11) is 5.82. The summed E-state index contributed by atoms with van der Waals surface area (Å²) in [6.45, 7) is -0.407. The Hall–Kier alpha value is -7.68. The van der Waals surface area contributed by atoms with Crippen LogP contribution < -0.4 is 18.9 Å². The predicted molar refractivity (Wildman–Crippen MR) is 246 cm³/mol. The van der Waals surface area contributed by atoms with Crippen LogP contribution in [0.1, 0.15) is 31.8 Å². The number of benzene rings is 6. The highest BCUT2D eigenvalue weighted by Crippen LogP contribution is 2.43. The molecule has 0 spiro atoms. The number of carbonyl (C=O) groups is 4. The zero-order chi connectivity index (χ0) is 45.3. The molecular weight excluding hydrogens is 857 g/mol. The summed E-state index contributed by atoms with van der Waals surface area (Å²) >= 11 is 2.94. The summed E-state index contributed by atoms with van der Waals surface area (Å²) in [5.41, 5.74) is 3.85. The maximum Gasteiger partial charge on any atom is 0.343 e. The van der Waals surface area contributed by atoms with Gasteiger partial charge in [0.1, 0.15) is 34.5 Å². The van der Waals surface area contributed by atoms with E-state index in [2.05, 4.69) is 9.47 Å². The van der Waals surface area contributed by atoms with Crippen molar-refractivity contribution in [2.75, 3.05) is 41.7 Å². The van der Waals surface area contributed by atoms with Crippen LogP contribution in [-0.4, -0.2) is 75.4 Å². The number of phenolic OH excluding ortho intramolecular Hbond substituents is 2. The first-order valence-electron chi connectivity index (χ1n) is 19.5. The van der Waals surface area contributed by atoms with E-state index in [0.29, 0.717) is 33.8 Å². The number of hydrogen-bond acceptors (Lipinski definition) is 14. The van der Waals surface area contributed by atoms with E-state index >= 15 is 0 Å². The van der Waals surface area contributed by atoms with Crippen LogP contribution in [0, 0.1) is 0 Å². The molecule has 6 aromatic carbocycles. The highest BCUT2D eigenvalue weighted by atomic mass is 32.1. The minimum Gasteiger partial charge on any atom is -0.508 e. The number of fused-ring (bicyclic) bond motifs is 2. The zero-order valence-corrected chi connectivity index (χ0v) is 36.5. The van der Waals surface area contributed by atoms with Gasteiger partial charge in [-0.1, -0.05) is 0 Å². The molecule has 0 aliphatic rings. The van der Waals surface area contributed by atoms with Crippen molar-refractivity contribution in [1.82, 2.24) is 0 Å². The van der Waals surface area contributed by atoms with Crippen molar-refractivity contribution in [2.45, 2.75) is 0 Å². The normalized spacial score (nSPS) is 10.7. The molecule has 2 aromatic heterocycles. The lowest BCUT2D eigenvalue weighted by molar-refractivity contribution is -0.143. The molecule has 14 heteroatoms. The highest BCUT2D eigenvalue weighted by molar-refractivity contribution is 7.23. The number of rotatable bonds is 14. The van der Waals surface area contributed by atoms with Gasteiger partial charge in [0.15, 0.2) is 24.8 Å². The number of aromatic hydroxyl groups is 2. The third-order valence-corrected chi connectivity index (χ3v) is 12.3. The average Bonchev–Trinajstić information content (AvgIpc) is 3.91.